The maximum atomic E-state index is 12.4. The number of amides is 1. The van der Waals surface area contributed by atoms with E-state index in [1.165, 1.54) is 18.2 Å². The molecule has 1 aliphatic rings. The van der Waals surface area contributed by atoms with E-state index in [9.17, 15) is 4.79 Å². The molecule has 1 fully saturated rings. The highest BCUT2D eigenvalue weighted by Gasteiger charge is 2.18. The lowest BCUT2D eigenvalue weighted by Crippen LogP contribution is -2.36. The molecule has 2 aromatic rings. The third kappa shape index (κ3) is 3.90. The molecule has 1 aromatic heterocycles. The van der Waals surface area contributed by atoms with Crippen molar-refractivity contribution in [3.8, 4) is 11.3 Å². The van der Waals surface area contributed by atoms with Gasteiger partial charge in [0, 0.05) is 19.6 Å². The molecule has 1 aliphatic heterocycles. The predicted octanol–water partition coefficient (Wildman–Crippen LogP) is 3.84. The minimum absolute atomic E-state index is 0.217. The molecule has 3 rings (SSSR count). The Morgan fingerprint density at radius 1 is 1.21 bits per heavy atom. The molecule has 0 radical (unpaired) electrons. The van der Waals surface area contributed by atoms with E-state index in [-0.39, 0.29) is 5.91 Å². The Morgan fingerprint density at radius 3 is 2.67 bits per heavy atom. The van der Waals surface area contributed by atoms with Crippen LogP contribution in [0.15, 0.2) is 54.3 Å². The standard InChI is InChI=1S/C19H23N3OS/c1-2-11-22-17(16-9-5-3-6-10-16)14-20-19(22)24-15-18(23)21-12-7-4-8-13-21/h2-3,5-6,9-10,14H,1,4,7-8,11-13,15H2. The van der Waals surface area contributed by atoms with Gasteiger partial charge in [0.2, 0.25) is 5.91 Å². The summed E-state index contributed by atoms with van der Waals surface area (Å²) in [7, 11) is 0. The summed E-state index contributed by atoms with van der Waals surface area (Å²) in [6.07, 6.45) is 7.23. The highest BCUT2D eigenvalue weighted by Crippen LogP contribution is 2.26. The Balaban J connectivity index is 1.72. The molecule has 0 saturated carbocycles. The van der Waals surface area contributed by atoms with Crippen molar-refractivity contribution in [1.29, 1.82) is 0 Å². The Labute approximate surface area is 147 Å². The van der Waals surface area contributed by atoms with Crippen LogP contribution in [0, 0.1) is 0 Å². The molecule has 2 heterocycles. The Bertz CT molecular complexity index is 690. The summed E-state index contributed by atoms with van der Waals surface area (Å²) in [4.78, 5) is 18.9. The van der Waals surface area contributed by atoms with E-state index in [0.29, 0.717) is 12.3 Å². The summed E-state index contributed by atoms with van der Waals surface area (Å²) in [5, 5.41) is 0.874. The second-order valence-electron chi connectivity index (χ2n) is 5.92. The fourth-order valence-electron chi connectivity index (χ4n) is 2.98. The molecular formula is C19H23N3OS. The molecule has 1 saturated heterocycles. The SMILES string of the molecule is C=CCn1c(-c2ccccc2)cnc1SCC(=O)N1CCCCC1. The molecule has 24 heavy (non-hydrogen) atoms. The molecule has 1 aromatic carbocycles. The van der Waals surface area contributed by atoms with Gasteiger partial charge in [-0.3, -0.25) is 4.79 Å². The number of thioether (sulfide) groups is 1. The number of hydrogen-bond donors (Lipinski definition) is 0. The van der Waals surface area contributed by atoms with Gasteiger partial charge in [-0.25, -0.2) is 4.98 Å². The normalized spacial score (nSPS) is 14.6. The van der Waals surface area contributed by atoms with Crippen molar-refractivity contribution in [3.05, 3.63) is 49.2 Å². The van der Waals surface area contributed by atoms with Crippen molar-refractivity contribution in [2.24, 2.45) is 0 Å². The summed E-state index contributed by atoms with van der Waals surface area (Å²) >= 11 is 1.52. The van der Waals surface area contributed by atoms with Gasteiger partial charge >= 0.3 is 0 Å². The predicted molar refractivity (Wildman–Crippen MR) is 99.0 cm³/mol. The first-order valence-electron chi connectivity index (χ1n) is 8.42. The maximum Gasteiger partial charge on any atom is 0.233 e. The Kier molecular flexibility index (Phi) is 5.75. The smallest absolute Gasteiger partial charge is 0.233 e. The van der Waals surface area contributed by atoms with Gasteiger partial charge in [0.15, 0.2) is 5.16 Å². The van der Waals surface area contributed by atoms with Crippen LogP contribution in [0.4, 0.5) is 0 Å². The van der Waals surface area contributed by atoms with Gasteiger partial charge in [-0.15, -0.1) is 6.58 Å². The molecule has 0 aliphatic carbocycles. The van der Waals surface area contributed by atoms with Gasteiger partial charge < -0.3 is 9.47 Å². The second kappa shape index (κ2) is 8.20. The van der Waals surface area contributed by atoms with Crippen LogP contribution >= 0.6 is 11.8 Å². The van der Waals surface area contributed by atoms with E-state index < -0.39 is 0 Å². The fraction of sp³-hybridized carbons (Fsp3) is 0.368. The largest absolute Gasteiger partial charge is 0.342 e. The molecule has 0 unspecified atom stereocenters. The van der Waals surface area contributed by atoms with Crippen molar-refractivity contribution in [3.63, 3.8) is 0 Å². The molecule has 126 valence electrons. The van der Waals surface area contributed by atoms with Crippen molar-refractivity contribution in [2.45, 2.75) is 31.0 Å². The number of hydrogen-bond acceptors (Lipinski definition) is 3. The van der Waals surface area contributed by atoms with Gasteiger partial charge in [0.05, 0.1) is 17.6 Å². The highest BCUT2D eigenvalue weighted by atomic mass is 32.2. The number of imidazole rings is 1. The number of piperidine rings is 1. The monoisotopic (exact) mass is 341 g/mol. The molecule has 4 nitrogen and oxygen atoms in total. The van der Waals surface area contributed by atoms with E-state index in [2.05, 4.69) is 28.3 Å². The fourth-order valence-corrected chi connectivity index (χ4v) is 3.87. The number of carbonyl (C=O) groups is 1. The first-order valence-corrected chi connectivity index (χ1v) is 9.40. The third-order valence-corrected chi connectivity index (χ3v) is 5.21. The first kappa shape index (κ1) is 16.8. The third-order valence-electron chi connectivity index (χ3n) is 4.23. The van der Waals surface area contributed by atoms with E-state index in [1.54, 1.807) is 0 Å². The van der Waals surface area contributed by atoms with Crippen LogP contribution in [0.1, 0.15) is 19.3 Å². The van der Waals surface area contributed by atoms with E-state index in [0.717, 1.165) is 42.3 Å². The average molecular weight is 341 g/mol. The summed E-state index contributed by atoms with van der Waals surface area (Å²) in [5.41, 5.74) is 2.18. The highest BCUT2D eigenvalue weighted by molar-refractivity contribution is 7.99. The van der Waals surface area contributed by atoms with Gasteiger partial charge in [-0.05, 0) is 24.8 Å². The lowest BCUT2D eigenvalue weighted by atomic mass is 10.1. The van der Waals surface area contributed by atoms with E-state index in [1.807, 2.05) is 35.4 Å². The number of allylic oxidation sites excluding steroid dienone is 1. The van der Waals surface area contributed by atoms with Crippen LogP contribution in [0.5, 0.6) is 0 Å². The molecular weight excluding hydrogens is 318 g/mol. The van der Waals surface area contributed by atoms with Crippen LogP contribution < -0.4 is 0 Å². The quantitative estimate of drug-likeness (QED) is 0.592. The lowest BCUT2D eigenvalue weighted by Gasteiger charge is -2.26. The number of rotatable bonds is 6. The lowest BCUT2D eigenvalue weighted by molar-refractivity contribution is -0.129. The average Bonchev–Trinajstić information content (AvgIpc) is 3.04. The zero-order chi connectivity index (χ0) is 16.8. The number of aromatic nitrogens is 2. The van der Waals surface area contributed by atoms with Crippen molar-refractivity contribution in [2.75, 3.05) is 18.8 Å². The number of carbonyl (C=O) groups excluding carboxylic acids is 1. The van der Waals surface area contributed by atoms with Gasteiger partial charge in [0.25, 0.3) is 0 Å². The van der Waals surface area contributed by atoms with Crippen molar-refractivity contribution < 1.29 is 4.79 Å². The summed E-state index contributed by atoms with van der Waals surface area (Å²) in [6, 6.07) is 10.2. The molecule has 5 heteroatoms. The first-order chi connectivity index (χ1) is 11.8. The van der Waals surface area contributed by atoms with Crippen molar-refractivity contribution >= 4 is 17.7 Å². The van der Waals surface area contributed by atoms with Gasteiger partial charge in [-0.1, -0.05) is 48.2 Å². The van der Waals surface area contributed by atoms with E-state index >= 15 is 0 Å². The summed E-state index contributed by atoms with van der Waals surface area (Å²) in [5.74, 6) is 0.664. The maximum absolute atomic E-state index is 12.4. The van der Waals surface area contributed by atoms with Crippen LogP contribution in [0.25, 0.3) is 11.3 Å². The minimum Gasteiger partial charge on any atom is -0.342 e. The number of nitrogens with zero attached hydrogens (tertiary/aromatic N) is 3. The summed E-state index contributed by atoms with van der Waals surface area (Å²) < 4.78 is 2.12. The summed E-state index contributed by atoms with van der Waals surface area (Å²) in [6.45, 7) is 6.33. The zero-order valence-corrected chi connectivity index (χ0v) is 14.7. The Hall–Kier alpha value is -2.01. The van der Waals surface area contributed by atoms with Crippen LogP contribution in [0.2, 0.25) is 0 Å². The molecule has 0 spiro atoms. The van der Waals surface area contributed by atoms with Crippen LogP contribution in [-0.2, 0) is 11.3 Å². The number of likely N-dealkylation sites (tertiary alicyclic amines) is 1. The van der Waals surface area contributed by atoms with Crippen LogP contribution in [-0.4, -0.2) is 39.2 Å². The van der Waals surface area contributed by atoms with E-state index in [4.69, 9.17) is 0 Å². The van der Waals surface area contributed by atoms with Crippen molar-refractivity contribution in [1.82, 2.24) is 14.5 Å². The van der Waals surface area contributed by atoms with Gasteiger partial charge in [0.1, 0.15) is 0 Å². The molecule has 0 N–H and O–H groups in total. The second-order valence-corrected chi connectivity index (χ2v) is 6.86. The zero-order valence-electron chi connectivity index (χ0n) is 13.9. The van der Waals surface area contributed by atoms with Gasteiger partial charge in [-0.2, -0.15) is 0 Å². The topological polar surface area (TPSA) is 38.1 Å². The number of benzene rings is 1. The molecule has 1 amide bonds. The Morgan fingerprint density at radius 2 is 1.96 bits per heavy atom. The molecule has 0 atom stereocenters. The van der Waals surface area contributed by atoms with Crippen LogP contribution in [0.3, 0.4) is 0 Å². The molecule has 0 bridgehead atoms. The minimum atomic E-state index is 0.217.